The molecular formula is C16H21N3O2S. The Hall–Kier alpha value is -1.79. The summed E-state index contributed by atoms with van der Waals surface area (Å²) in [7, 11) is 0. The molecule has 1 N–H and O–H groups in total. The van der Waals surface area contributed by atoms with Gasteiger partial charge in [0.2, 0.25) is 0 Å². The van der Waals surface area contributed by atoms with E-state index in [0.29, 0.717) is 18.0 Å². The summed E-state index contributed by atoms with van der Waals surface area (Å²) < 4.78 is 9.59. The largest absolute Gasteiger partial charge is 0.374 e. The number of ether oxygens (including phenoxy) is 1. The van der Waals surface area contributed by atoms with Gasteiger partial charge in [-0.2, -0.15) is 0 Å². The van der Waals surface area contributed by atoms with Gasteiger partial charge in [0.15, 0.2) is 0 Å². The van der Waals surface area contributed by atoms with Crippen LogP contribution in [0.3, 0.4) is 0 Å². The molecule has 5 nitrogen and oxygen atoms in total. The molecule has 2 rings (SSSR count). The van der Waals surface area contributed by atoms with Crippen molar-refractivity contribution in [2.24, 2.45) is 0 Å². The van der Waals surface area contributed by atoms with Crippen LogP contribution in [0.5, 0.6) is 0 Å². The summed E-state index contributed by atoms with van der Waals surface area (Å²) in [6.07, 6.45) is 1.56. The van der Waals surface area contributed by atoms with Gasteiger partial charge in [-0.3, -0.25) is 4.79 Å². The van der Waals surface area contributed by atoms with Gasteiger partial charge in [0.05, 0.1) is 11.8 Å². The Kier molecular flexibility index (Phi) is 6.48. The highest BCUT2D eigenvalue weighted by atomic mass is 32.1. The van der Waals surface area contributed by atoms with Crippen molar-refractivity contribution in [3.63, 3.8) is 0 Å². The van der Waals surface area contributed by atoms with E-state index in [4.69, 9.17) is 4.74 Å². The Bertz CT molecular complexity index is 586. The summed E-state index contributed by atoms with van der Waals surface area (Å²) in [6.45, 7) is 5.19. The first-order valence-electron chi connectivity index (χ1n) is 7.48. The predicted molar refractivity (Wildman–Crippen MR) is 87.0 cm³/mol. The monoisotopic (exact) mass is 319 g/mol. The molecule has 0 aliphatic rings. The lowest BCUT2D eigenvalue weighted by Gasteiger charge is -2.13. The third-order valence-electron chi connectivity index (χ3n) is 3.34. The normalized spacial score (nSPS) is 12.1. The zero-order valence-corrected chi connectivity index (χ0v) is 13.7. The smallest absolute Gasteiger partial charge is 0.264 e. The van der Waals surface area contributed by atoms with Crippen molar-refractivity contribution >= 4 is 17.4 Å². The lowest BCUT2D eigenvalue weighted by Crippen LogP contribution is -2.25. The fourth-order valence-corrected chi connectivity index (χ4v) is 2.71. The number of nitrogens with zero attached hydrogens (tertiary/aromatic N) is 2. The Morgan fingerprint density at radius 3 is 2.86 bits per heavy atom. The van der Waals surface area contributed by atoms with E-state index in [1.54, 1.807) is 0 Å². The van der Waals surface area contributed by atoms with E-state index in [1.807, 2.05) is 32.0 Å². The first kappa shape index (κ1) is 16.6. The summed E-state index contributed by atoms with van der Waals surface area (Å²) in [6, 6.07) is 10.1. The van der Waals surface area contributed by atoms with Crippen LogP contribution in [-0.2, 0) is 11.2 Å². The van der Waals surface area contributed by atoms with Gasteiger partial charge >= 0.3 is 0 Å². The molecule has 0 spiro atoms. The molecule has 0 aliphatic heterocycles. The summed E-state index contributed by atoms with van der Waals surface area (Å²) in [5.41, 5.74) is 1.92. The van der Waals surface area contributed by atoms with Gasteiger partial charge in [0.25, 0.3) is 5.91 Å². The highest BCUT2D eigenvalue weighted by Gasteiger charge is 2.14. The van der Waals surface area contributed by atoms with E-state index >= 15 is 0 Å². The molecule has 1 atom stereocenters. The lowest BCUT2D eigenvalue weighted by molar-refractivity contribution is 0.0635. The van der Waals surface area contributed by atoms with Crippen molar-refractivity contribution in [3.05, 3.63) is 46.5 Å². The molecule has 1 aromatic carbocycles. The molecule has 0 aliphatic carbocycles. The van der Waals surface area contributed by atoms with Gasteiger partial charge in [0, 0.05) is 13.2 Å². The minimum absolute atomic E-state index is 0.0642. The van der Waals surface area contributed by atoms with Crippen molar-refractivity contribution in [2.75, 3.05) is 13.2 Å². The van der Waals surface area contributed by atoms with E-state index in [9.17, 15) is 4.79 Å². The molecule has 1 unspecified atom stereocenters. The number of carbonyl (C=O) groups excluding carboxylic acids is 1. The number of hydrogen-bond acceptors (Lipinski definition) is 5. The van der Waals surface area contributed by atoms with Crippen LogP contribution in [-0.4, -0.2) is 28.6 Å². The van der Waals surface area contributed by atoms with Gasteiger partial charge in [-0.25, -0.2) is 0 Å². The third kappa shape index (κ3) is 4.61. The van der Waals surface area contributed by atoms with Crippen molar-refractivity contribution in [1.29, 1.82) is 0 Å². The number of carbonyl (C=O) groups is 1. The quantitative estimate of drug-likeness (QED) is 0.760. The molecule has 118 valence electrons. The number of amides is 1. The Balaban J connectivity index is 1.66. The van der Waals surface area contributed by atoms with Gasteiger partial charge in [-0.15, -0.1) is 5.10 Å². The van der Waals surface area contributed by atoms with Crippen molar-refractivity contribution in [3.8, 4) is 0 Å². The van der Waals surface area contributed by atoms with E-state index in [2.05, 4.69) is 27.0 Å². The first-order chi connectivity index (χ1) is 10.7. The summed E-state index contributed by atoms with van der Waals surface area (Å²) in [5.74, 6) is -0.0945. The molecule has 0 fully saturated rings. The molecule has 1 aromatic heterocycles. The summed E-state index contributed by atoms with van der Waals surface area (Å²) >= 11 is 1.14. The average Bonchev–Trinajstić information content (AvgIpc) is 3.03. The highest BCUT2D eigenvalue weighted by Crippen LogP contribution is 2.15. The predicted octanol–water partition coefficient (Wildman–Crippen LogP) is 3.00. The van der Waals surface area contributed by atoms with Gasteiger partial charge in [-0.1, -0.05) is 41.7 Å². The number of aryl methyl sites for hydroxylation is 1. The zero-order valence-electron chi connectivity index (χ0n) is 12.9. The highest BCUT2D eigenvalue weighted by molar-refractivity contribution is 7.08. The maximum Gasteiger partial charge on any atom is 0.264 e. The van der Waals surface area contributed by atoms with E-state index in [1.165, 1.54) is 0 Å². The number of rotatable bonds is 8. The van der Waals surface area contributed by atoms with E-state index in [-0.39, 0.29) is 12.0 Å². The zero-order chi connectivity index (χ0) is 15.8. The molecule has 22 heavy (non-hydrogen) atoms. The van der Waals surface area contributed by atoms with E-state index in [0.717, 1.165) is 35.6 Å². The van der Waals surface area contributed by atoms with Crippen LogP contribution in [0.4, 0.5) is 0 Å². The molecule has 0 saturated carbocycles. The van der Waals surface area contributed by atoms with Crippen LogP contribution >= 0.6 is 11.5 Å². The van der Waals surface area contributed by atoms with Crippen LogP contribution in [0, 0.1) is 0 Å². The second-order valence-corrected chi connectivity index (χ2v) is 5.69. The second-order valence-electron chi connectivity index (χ2n) is 4.94. The summed E-state index contributed by atoms with van der Waals surface area (Å²) in [5, 5.41) is 6.82. The standard InChI is InChI=1S/C16H21N3O2S/c1-3-14-15(22-19-18-14)16(20)17-10-7-11-21-12(2)13-8-5-4-6-9-13/h4-6,8-9,12H,3,7,10-11H2,1-2H3,(H,17,20). The van der Waals surface area contributed by atoms with Gasteiger partial charge < -0.3 is 10.1 Å². The number of nitrogens with one attached hydrogen (secondary N) is 1. The van der Waals surface area contributed by atoms with E-state index < -0.39 is 0 Å². The molecule has 0 radical (unpaired) electrons. The molecule has 2 aromatic rings. The molecule has 1 heterocycles. The lowest BCUT2D eigenvalue weighted by atomic mass is 10.1. The molecule has 1 amide bonds. The van der Waals surface area contributed by atoms with Crippen molar-refractivity contribution in [2.45, 2.75) is 32.8 Å². The topological polar surface area (TPSA) is 64.1 Å². The maximum atomic E-state index is 12.0. The molecule has 6 heteroatoms. The van der Waals surface area contributed by atoms with Crippen molar-refractivity contribution in [1.82, 2.24) is 14.9 Å². The number of aromatic nitrogens is 2. The minimum Gasteiger partial charge on any atom is -0.374 e. The molecular weight excluding hydrogens is 298 g/mol. The summed E-state index contributed by atoms with van der Waals surface area (Å²) in [4.78, 5) is 12.6. The second kappa shape index (κ2) is 8.60. The third-order valence-corrected chi connectivity index (χ3v) is 4.11. The van der Waals surface area contributed by atoms with Gasteiger partial charge in [0.1, 0.15) is 4.88 Å². The van der Waals surface area contributed by atoms with Crippen LogP contribution in [0.25, 0.3) is 0 Å². The first-order valence-corrected chi connectivity index (χ1v) is 8.25. The Morgan fingerprint density at radius 2 is 2.14 bits per heavy atom. The van der Waals surface area contributed by atoms with Crippen molar-refractivity contribution < 1.29 is 9.53 Å². The number of benzene rings is 1. The van der Waals surface area contributed by atoms with Crippen LogP contribution in [0.2, 0.25) is 0 Å². The van der Waals surface area contributed by atoms with Gasteiger partial charge in [-0.05, 0) is 36.9 Å². The Morgan fingerprint density at radius 1 is 1.36 bits per heavy atom. The molecule has 0 saturated heterocycles. The van der Waals surface area contributed by atoms with Crippen LogP contribution < -0.4 is 5.32 Å². The van der Waals surface area contributed by atoms with Crippen LogP contribution in [0.15, 0.2) is 30.3 Å². The maximum absolute atomic E-state index is 12.0. The molecule has 0 bridgehead atoms. The van der Waals surface area contributed by atoms with Crippen LogP contribution in [0.1, 0.15) is 47.3 Å². The average molecular weight is 319 g/mol. The Labute approximate surface area is 134 Å². The number of hydrogen-bond donors (Lipinski definition) is 1. The fourth-order valence-electron chi connectivity index (χ4n) is 2.05. The minimum atomic E-state index is -0.0945. The fraction of sp³-hybridized carbons (Fsp3) is 0.438. The SMILES string of the molecule is CCc1nnsc1C(=O)NCCCOC(C)c1ccccc1.